The fraction of sp³-hybridized carbons (Fsp3) is 1.00. The minimum atomic E-state index is 0.0496. The van der Waals surface area contributed by atoms with Gasteiger partial charge in [-0.2, -0.15) is 0 Å². The first kappa shape index (κ1) is 15.0. The molecule has 17 heavy (non-hydrogen) atoms. The van der Waals surface area contributed by atoms with Crippen molar-refractivity contribution in [2.24, 2.45) is 5.92 Å². The van der Waals surface area contributed by atoms with Crippen molar-refractivity contribution in [3.8, 4) is 0 Å². The number of nitrogens with one attached hydrogen (secondary N) is 1. The summed E-state index contributed by atoms with van der Waals surface area (Å²) in [6, 6.07) is 0.680. The first-order valence-corrected chi connectivity index (χ1v) is 7.18. The van der Waals surface area contributed by atoms with Crippen LogP contribution in [-0.2, 0) is 4.74 Å². The molecule has 1 aliphatic rings. The van der Waals surface area contributed by atoms with E-state index in [1.54, 1.807) is 0 Å². The number of hydrogen-bond acceptors (Lipinski definition) is 2. The van der Waals surface area contributed by atoms with Gasteiger partial charge in [0.1, 0.15) is 0 Å². The molecule has 0 aromatic rings. The maximum absolute atomic E-state index is 6.15. The molecule has 0 spiro atoms. The molecule has 2 heteroatoms. The third-order valence-corrected chi connectivity index (χ3v) is 4.17. The summed E-state index contributed by atoms with van der Waals surface area (Å²) in [4.78, 5) is 0. The second-order valence-electron chi connectivity index (χ2n) is 6.72. The molecule has 2 atom stereocenters. The third kappa shape index (κ3) is 4.26. The van der Waals surface area contributed by atoms with E-state index in [1.165, 1.54) is 32.1 Å². The Morgan fingerprint density at radius 2 is 1.88 bits per heavy atom. The smallest absolute Gasteiger partial charge is 0.0662 e. The van der Waals surface area contributed by atoms with Gasteiger partial charge in [0.15, 0.2) is 0 Å². The summed E-state index contributed by atoms with van der Waals surface area (Å²) in [6.45, 7) is 11.2. The first-order chi connectivity index (χ1) is 7.80. The van der Waals surface area contributed by atoms with Gasteiger partial charge in [-0.3, -0.25) is 0 Å². The van der Waals surface area contributed by atoms with Crippen LogP contribution in [0.3, 0.4) is 0 Å². The summed E-state index contributed by atoms with van der Waals surface area (Å²) < 4.78 is 6.15. The average molecular weight is 241 g/mol. The van der Waals surface area contributed by atoms with Gasteiger partial charge in [-0.25, -0.2) is 0 Å². The van der Waals surface area contributed by atoms with Crippen molar-refractivity contribution in [2.45, 2.75) is 84.0 Å². The van der Waals surface area contributed by atoms with Crippen LogP contribution in [0.2, 0.25) is 0 Å². The first-order valence-electron chi connectivity index (χ1n) is 7.18. The Kier molecular flexibility index (Phi) is 5.03. The second-order valence-corrected chi connectivity index (χ2v) is 6.72. The highest BCUT2D eigenvalue weighted by molar-refractivity contribution is 4.94. The standard InChI is InChI=1S/C15H31NO/c1-7-8-13(16-6)10-9-12-11-14(2,3)17-15(12,4)5/h12-13,16H,7-11H2,1-6H3. The number of hydrogen-bond donors (Lipinski definition) is 1. The van der Waals surface area contributed by atoms with E-state index >= 15 is 0 Å². The van der Waals surface area contributed by atoms with Crippen LogP contribution in [0, 0.1) is 5.92 Å². The fourth-order valence-electron chi connectivity index (χ4n) is 3.31. The summed E-state index contributed by atoms with van der Waals surface area (Å²) in [5.41, 5.74) is 0.113. The van der Waals surface area contributed by atoms with Crippen LogP contribution in [0.4, 0.5) is 0 Å². The maximum Gasteiger partial charge on any atom is 0.0662 e. The molecule has 1 saturated heterocycles. The lowest BCUT2D eigenvalue weighted by Gasteiger charge is -2.28. The maximum atomic E-state index is 6.15. The molecule has 0 amide bonds. The van der Waals surface area contributed by atoms with E-state index < -0.39 is 0 Å². The molecule has 102 valence electrons. The summed E-state index contributed by atoms with van der Waals surface area (Å²) >= 11 is 0. The summed E-state index contributed by atoms with van der Waals surface area (Å²) in [5, 5.41) is 3.43. The zero-order valence-electron chi connectivity index (χ0n) is 12.6. The SMILES string of the molecule is CCCC(CCC1CC(C)(C)OC1(C)C)NC. The molecule has 1 fully saturated rings. The number of ether oxygens (including phenoxy) is 1. The zero-order chi connectivity index (χ0) is 13.1. The van der Waals surface area contributed by atoms with Crippen molar-refractivity contribution in [2.75, 3.05) is 7.05 Å². The molecule has 1 heterocycles. The van der Waals surface area contributed by atoms with Crippen LogP contribution in [0.25, 0.3) is 0 Å². The van der Waals surface area contributed by atoms with Crippen LogP contribution >= 0.6 is 0 Å². The van der Waals surface area contributed by atoms with Crippen LogP contribution in [0.1, 0.15) is 66.7 Å². The van der Waals surface area contributed by atoms with Crippen LogP contribution in [0.15, 0.2) is 0 Å². The van der Waals surface area contributed by atoms with E-state index in [1.807, 2.05) is 0 Å². The Labute approximate surface area is 108 Å². The Bertz CT molecular complexity index is 235. The molecule has 0 aromatic heterocycles. The summed E-state index contributed by atoms with van der Waals surface area (Å²) in [5.74, 6) is 0.699. The summed E-state index contributed by atoms with van der Waals surface area (Å²) in [7, 11) is 2.08. The lowest BCUT2D eigenvalue weighted by molar-refractivity contribution is -0.0754. The van der Waals surface area contributed by atoms with Crippen molar-refractivity contribution >= 4 is 0 Å². The molecule has 0 radical (unpaired) electrons. The van der Waals surface area contributed by atoms with Gasteiger partial charge >= 0.3 is 0 Å². The van der Waals surface area contributed by atoms with Crippen molar-refractivity contribution in [1.29, 1.82) is 0 Å². The van der Waals surface area contributed by atoms with E-state index in [4.69, 9.17) is 4.74 Å². The Balaban J connectivity index is 2.46. The van der Waals surface area contributed by atoms with Gasteiger partial charge in [0.2, 0.25) is 0 Å². The van der Waals surface area contributed by atoms with Crippen molar-refractivity contribution in [3.63, 3.8) is 0 Å². The van der Waals surface area contributed by atoms with Crippen molar-refractivity contribution in [3.05, 3.63) is 0 Å². The number of rotatable bonds is 6. The minimum Gasteiger partial charge on any atom is -0.369 e. The molecule has 1 rings (SSSR count). The van der Waals surface area contributed by atoms with Crippen molar-refractivity contribution < 1.29 is 4.74 Å². The zero-order valence-corrected chi connectivity index (χ0v) is 12.6. The van der Waals surface area contributed by atoms with Gasteiger partial charge in [0.25, 0.3) is 0 Å². The largest absolute Gasteiger partial charge is 0.369 e. The quantitative estimate of drug-likeness (QED) is 0.764. The molecule has 0 bridgehead atoms. The molecule has 1 aliphatic heterocycles. The highest BCUT2D eigenvalue weighted by atomic mass is 16.5. The highest BCUT2D eigenvalue weighted by Gasteiger charge is 2.45. The second kappa shape index (κ2) is 5.71. The van der Waals surface area contributed by atoms with Gasteiger partial charge in [-0.15, -0.1) is 0 Å². The van der Waals surface area contributed by atoms with Gasteiger partial charge in [0.05, 0.1) is 11.2 Å². The van der Waals surface area contributed by atoms with Crippen molar-refractivity contribution in [1.82, 2.24) is 5.32 Å². The normalized spacial score (nSPS) is 28.2. The molecule has 1 N–H and O–H groups in total. The fourth-order valence-corrected chi connectivity index (χ4v) is 3.31. The van der Waals surface area contributed by atoms with E-state index in [-0.39, 0.29) is 11.2 Å². The molecule has 0 aromatic carbocycles. The van der Waals surface area contributed by atoms with Crippen LogP contribution in [-0.4, -0.2) is 24.3 Å². The lowest BCUT2D eigenvalue weighted by atomic mass is 9.83. The predicted octanol–water partition coefficient (Wildman–Crippen LogP) is 3.75. The van der Waals surface area contributed by atoms with E-state index in [0.717, 1.165) is 0 Å². The molecule has 2 unspecified atom stereocenters. The Hall–Kier alpha value is -0.0800. The minimum absolute atomic E-state index is 0.0496. The molecular formula is C15H31NO. The average Bonchev–Trinajstić information content (AvgIpc) is 2.41. The predicted molar refractivity (Wildman–Crippen MR) is 74.3 cm³/mol. The van der Waals surface area contributed by atoms with E-state index in [2.05, 4.69) is 47.0 Å². The molecule has 0 aliphatic carbocycles. The van der Waals surface area contributed by atoms with Crippen LogP contribution < -0.4 is 5.32 Å². The molecular weight excluding hydrogens is 210 g/mol. The van der Waals surface area contributed by atoms with Crippen LogP contribution in [0.5, 0.6) is 0 Å². The monoisotopic (exact) mass is 241 g/mol. The lowest BCUT2D eigenvalue weighted by Crippen LogP contribution is -2.31. The highest BCUT2D eigenvalue weighted by Crippen LogP contribution is 2.44. The third-order valence-electron chi connectivity index (χ3n) is 4.17. The molecule has 0 saturated carbocycles. The Morgan fingerprint density at radius 1 is 1.24 bits per heavy atom. The van der Waals surface area contributed by atoms with Gasteiger partial charge in [-0.05, 0) is 66.3 Å². The van der Waals surface area contributed by atoms with Gasteiger partial charge in [-0.1, -0.05) is 13.3 Å². The van der Waals surface area contributed by atoms with Gasteiger partial charge < -0.3 is 10.1 Å². The van der Waals surface area contributed by atoms with E-state index in [9.17, 15) is 0 Å². The van der Waals surface area contributed by atoms with Gasteiger partial charge in [0, 0.05) is 6.04 Å². The Morgan fingerprint density at radius 3 is 2.29 bits per heavy atom. The molecule has 2 nitrogen and oxygen atoms in total. The van der Waals surface area contributed by atoms with E-state index in [0.29, 0.717) is 12.0 Å². The topological polar surface area (TPSA) is 21.3 Å². The summed E-state index contributed by atoms with van der Waals surface area (Å²) in [6.07, 6.45) is 6.30.